The second kappa shape index (κ2) is 9.96. The Labute approximate surface area is 216 Å². The van der Waals surface area contributed by atoms with Gasteiger partial charge in [-0.25, -0.2) is 9.36 Å². The van der Waals surface area contributed by atoms with E-state index in [1.54, 1.807) is 47.0 Å². The van der Waals surface area contributed by atoms with Gasteiger partial charge in [-0.2, -0.15) is 0 Å². The molecule has 182 valence electrons. The highest BCUT2D eigenvalue weighted by molar-refractivity contribution is 6.31. The third-order valence-electron chi connectivity index (χ3n) is 5.82. The van der Waals surface area contributed by atoms with Crippen molar-refractivity contribution in [3.05, 3.63) is 99.4 Å². The predicted molar refractivity (Wildman–Crippen MR) is 137 cm³/mol. The lowest BCUT2D eigenvalue weighted by Gasteiger charge is -2.19. The van der Waals surface area contributed by atoms with E-state index in [1.807, 2.05) is 43.5 Å². The van der Waals surface area contributed by atoms with Gasteiger partial charge in [-0.3, -0.25) is 4.79 Å². The van der Waals surface area contributed by atoms with E-state index >= 15 is 0 Å². The summed E-state index contributed by atoms with van der Waals surface area (Å²) in [6.07, 6.45) is 5.72. The largest absolute Gasteiger partial charge is 0.495 e. The molecule has 0 fully saturated rings. The molecule has 0 saturated heterocycles. The molecule has 3 heterocycles. The number of methoxy groups -OCH3 is 1. The zero-order valence-corrected chi connectivity index (χ0v) is 20.9. The molecule has 3 aromatic heterocycles. The van der Waals surface area contributed by atoms with Crippen LogP contribution < -0.4 is 10.3 Å². The minimum Gasteiger partial charge on any atom is -0.495 e. The number of pyridine rings is 1. The number of benzene rings is 2. The summed E-state index contributed by atoms with van der Waals surface area (Å²) >= 11 is 12.3. The SMILES string of the molecule is CCC(c1cn(-c2ccccc2)nn1)n1cc(OC)c(-c2cc(Cl)ccc2-n2cc(Cl)nn2)cc1=O. The molecule has 11 heteroatoms. The second-order valence-electron chi connectivity index (χ2n) is 8.00. The molecule has 36 heavy (non-hydrogen) atoms. The van der Waals surface area contributed by atoms with Crippen LogP contribution in [-0.4, -0.2) is 41.7 Å². The minimum absolute atomic E-state index is 0.227. The summed E-state index contributed by atoms with van der Waals surface area (Å²) in [7, 11) is 1.55. The van der Waals surface area contributed by atoms with Gasteiger partial charge < -0.3 is 9.30 Å². The van der Waals surface area contributed by atoms with Gasteiger partial charge in [0.1, 0.15) is 11.4 Å². The molecule has 0 aliphatic carbocycles. The molecule has 5 rings (SSSR count). The van der Waals surface area contributed by atoms with E-state index in [0.29, 0.717) is 39.7 Å². The van der Waals surface area contributed by atoms with Crippen LogP contribution in [-0.2, 0) is 0 Å². The van der Waals surface area contributed by atoms with Crippen LogP contribution in [0.1, 0.15) is 25.1 Å². The summed E-state index contributed by atoms with van der Waals surface area (Å²) in [5.74, 6) is 0.484. The third-order valence-corrected chi connectivity index (χ3v) is 6.23. The maximum Gasteiger partial charge on any atom is 0.252 e. The zero-order chi connectivity index (χ0) is 25.2. The predicted octanol–water partition coefficient (Wildman–Crippen LogP) is 4.99. The van der Waals surface area contributed by atoms with Gasteiger partial charge in [0, 0.05) is 22.2 Å². The van der Waals surface area contributed by atoms with Crippen LogP contribution in [0.2, 0.25) is 10.2 Å². The van der Waals surface area contributed by atoms with Crippen molar-refractivity contribution in [3.63, 3.8) is 0 Å². The number of hydrogen-bond donors (Lipinski definition) is 0. The molecular formula is C25H21Cl2N7O2. The van der Waals surface area contributed by atoms with Crippen LogP contribution in [0, 0.1) is 0 Å². The molecule has 0 N–H and O–H groups in total. The number of ether oxygens (including phenoxy) is 1. The van der Waals surface area contributed by atoms with Crippen molar-refractivity contribution in [3.8, 4) is 28.3 Å². The number of para-hydroxylation sites is 1. The molecule has 0 radical (unpaired) electrons. The van der Waals surface area contributed by atoms with Gasteiger partial charge in [-0.15, -0.1) is 10.2 Å². The topological polar surface area (TPSA) is 92.7 Å². The maximum atomic E-state index is 13.4. The Kier molecular flexibility index (Phi) is 6.58. The van der Waals surface area contributed by atoms with Crippen molar-refractivity contribution in [1.82, 2.24) is 34.6 Å². The van der Waals surface area contributed by atoms with Gasteiger partial charge in [-0.1, -0.05) is 58.8 Å². The standard InChI is InChI=1S/C25H21Cl2N7O2/c1-3-21(20-13-33(30-28-20)17-7-5-4-6-8-17)32-14-23(36-2)19(12-25(32)35)18-11-16(26)9-10-22(18)34-15-24(27)29-31-34/h4-15,21H,3H2,1-2H3. The summed E-state index contributed by atoms with van der Waals surface area (Å²) in [6.45, 7) is 1.99. The number of hydrogen-bond acceptors (Lipinski definition) is 6. The fourth-order valence-corrected chi connectivity index (χ4v) is 4.41. The monoisotopic (exact) mass is 521 g/mol. The Morgan fingerprint density at radius 2 is 1.69 bits per heavy atom. The number of aromatic nitrogens is 7. The van der Waals surface area contributed by atoms with E-state index in [-0.39, 0.29) is 16.8 Å². The van der Waals surface area contributed by atoms with Crippen LogP contribution in [0.4, 0.5) is 0 Å². The van der Waals surface area contributed by atoms with Crippen LogP contribution >= 0.6 is 23.2 Å². The van der Waals surface area contributed by atoms with Crippen molar-refractivity contribution >= 4 is 23.2 Å². The van der Waals surface area contributed by atoms with E-state index in [9.17, 15) is 4.79 Å². The van der Waals surface area contributed by atoms with Crippen LogP contribution in [0.5, 0.6) is 5.75 Å². The summed E-state index contributed by atoms with van der Waals surface area (Å²) in [5, 5.41) is 17.2. The van der Waals surface area contributed by atoms with Crippen molar-refractivity contribution in [2.75, 3.05) is 7.11 Å². The first-order chi connectivity index (χ1) is 17.5. The van der Waals surface area contributed by atoms with Gasteiger partial charge in [0.05, 0.1) is 43.1 Å². The lowest BCUT2D eigenvalue weighted by molar-refractivity contribution is 0.405. The van der Waals surface area contributed by atoms with Crippen LogP contribution in [0.25, 0.3) is 22.5 Å². The average Bonchev–Trinajstić information content (AvgIpc) is 3.55. The van der Waals surface area contributed by atoms with Crippen LogP contribution in [0.3, 0.4) is 0 Å². The number of nitrogens with zero attached hydrogens (tertiary/aromatic N) is 7. The van der Waals surface area contributed by atoms with Gasteiger partial charge in [0.15, 0.2) is 5.15 Å². The molecule has 0 spiro atoms. The Morgan fingerprint density at radius 1 is 0.917 bits per heavy atom. The highest BCUT2D eigenvalue weighted by Crippen LogP contribution is 2.36. The fraction of sp³-hybridized carbons (Fsp3) is 0.160. The quantitative estimate of drug-likeness (QED) is 0.299. The first-order valence-corrected chi connectivity index (χ1v) is 11.9. The molecule has 5 aromatic rings. The van der Waals surface area contributed by atoms with Crippen LogP contribution in [0.15, 0.2) is 78.0 Å². The van der Waals surface area contributed by atoms with Crippen molar-refractivity contribution < 1.29 is 4.74 Å². The highest BCUT2D eigenvalue weighted by Gasteiger charge is 2.22. The molecule has 0 saturated carbocycles. The number of halogens is 2. The summed E-state index contributed by atoms with van der Waals surface area (Å²) in [6, 6.07) is 16.1. The van der Waals surface area contributed by atoms with Crippen molar-refractivity contribution in [2.45, 2.75) is 19.4 Å². The van der Waals surface area contributed by atoms with Gasteiger partial charge in [0.2, 0.25) is 0 Å². The van der Waals surface area contributed by atoms with Crippen molar-refractivity contribution in [2.24, 2.45) is 0 Å². The molecule has 2 aromatic carbocycles. The minimum atomic E-state index is -0.342. The van der Waals surface area contributed by atoms with E-state index in [1.165, 1.54) is 10.7 Å². The molecule has 9 nitrogen and oxygen atoms in total. The zero-order valence-electron chi connectivity index (χ0n) is 19.4. The van der Waals surface area contributed by atoms with Gasteiger partial charge in [0.25, 0.3) is 5.56 Å². The Balaban J connectivity index is 1.60. The lowest BCUT2D eigenvalue weighted by atomic mass is 10.0. The molecule has 1 unspecified atom stereocenters. The maximum absolute atomic E-state index is 13.4. The van der Waals surface area contributed by atoms with Gasteiger partial charge >= 0.3 is 0 Å². The van der Waals surface area contributed by atoms with E-state index in [0.717, 1.165) is 5.69 Å². The summed E-state index contributed by atoms with van der Waals surface area (Å²) in [5.41, 5.74) is 3.17. The molecular weight excluding hydrogens is 501 g/mol. The number of rotatable bonds is 7. The van der Waals surface area contributed by atoms with E-state index < -0.39 is 0 Å². The van der Waals surface area contributed by atoms with E-state index in [4.69, 9.17) is 27.9 Å². The summed E-state index contributed by atoms with van der Waals surface area (Å²) < 4.78 is 10.5. The smallest absolute Gasteiger partial charge is 0.252 e. The third kappa shape index (κ3) is 4.50. The van der Waals surface area contributed by atoms with Gasteiger partial charge in [-0.05, 0) is 36.8 Å². The first-order valence-electron chi connectivity index (χ1n) is 11.1. The lowest BCUT2D eigenvalue weighted by Crippen LogP contribution is -2.25. The molecule has 0 bridgehead atoms. The molecule has 0 aliphatic heterocycles. The highest BCUT2D eigenvalue weighted by atomic mass is 35.5. The molecule has 0 amide bonds. The molecule has 1 atom stereocenters. The Morgan fingerprint density at radius 3 is 2.39 bits per heavy atom. The fourth-order valence-electron chi connectivity index (χ4n) is 4.11. The molecule has 0 aliphatic rings. The average molecular weight is 522 g/mol. The first kappa shape index (κ1) is 23.8. The Bertz CT molecular complexity index is 1580. The normalized spacial score (nSPS) is 12.0. The van der Waals surface area contributed by atoms with Crippen molar-refractivity contribution in [1.29, 1.82) is 0 Å². The summed E-state index contributed by atoms with van der Waals surface area (Å²) in [4.78, 5) is 13.4. The second-order valence-corrected chi connectivity index (χ2v) is 8.82. The van der Waals surface area contributed by atoms with E-state index in [2.05, 4.69) is 20.6 Å². The Hall–Kier alpha value is -3.95.